The van der Waals surface area contributed by atoms with Crippen molar-refractivity contribution in [1.29, 1.82) is 0 Å². The lowest BCUT2D eigenvalue weighted by Crippen LogP contribution is -2.36. The highest BCUT2D eigenvalue weighted by Gasteiger charge is 2.25. The molecule has 9 heteroatoms. The molecule has 3 rings (SSSR count). The smallest absolute Gasteiger partial charge is 0.293 e. The maximum atomic E-state index is 12.5. The lowest BCUT2D eigenvalue weighted by molar-refractivity contribution is -0.121. The molecule has 2 aromatic heterocycles. The van der Waals surface area contributed by atoms with Crippen LogP contribution in [0.15, 0.2) is 29.5 Å². The zero-order chi connectivity index (χ0) is 16.9. The third-order valence-electron chi connectivity index (χ3n) is 4.09. The van der Waals surface area contributed by atoms with E-state index in [-0.39, 0.29) is 30.5 Å². The molecule has 0 spiro atoms. The molecule has 1 atom stereocenters. The van der Waals surface area contributed by atoms with Crippen molar-refractivity contribution >= 4 is 11.7 Å². The van der Waals surface area contributed by atoms with E-state index in [4.69, 9.17) is 0 Å². The van der Waals surface area contributed by atoms with E-state index in [1.54, 1.807) is 12.3 Å². The van der Waals surface area contributed by atoms with Crippen molar-refractivity contribution in [3.63, 3.8) is 0 Å². The van der Waals surface area contributed by atoms with Gasteiger partial charge in [-0.25, -0.2) is 4.98 Å². The molecule has 1 amide bonds. The Hall–Kier alpha value is -2.68. The van der Waals surface area contributed by atoms with Crippen LogP contribution in [0.5, 0.6) is 0 Å². The number of hydrogen-bond donors (Lipinski definition) is 3. The van der Waals surface area contributed by atoms with E-state index in [9.17, 15) is 14.7 Å². The third-order valence-corrected chi connectivity index (χ3v) is 4.09. The number of H-pyrrole nitrogens is 1. The summed E-state index contributed by atoms with van der Waals surface area (Å²) in [6, 6.07) is 1.77. The molecule has 1 saturated heterocycles. The van der Waals surface area contributed by atoms with Gasteiger partial charge in [-0.2, -0.15) is 5.10 Å². The fraction of sp³-hybridized carbons (Fsp3) is 0.467. The number of aliphatic hydroxyl groups excluding tert-OH is 1. The summed E-state index contributed by atoms with van der Waals surface area (Å²) in [4.78, 5) is 30.6. The number of nitrogens with one attached hydrogen (secondary N) is 2. The lowest BCUT2D eigenvalue weighted by Gasteiger charge is -2.17. The number of aromatic nitrogens is 4. The van der Waals surface area contributed by atoms with E-state index >= 15 is 0 Å². The first-order valence-corrected chi connectivity index (χ1v) is 7.83. The fourth-order valence-corrected chi connectivity index (χ4v) is 2.74. The normalized spacial score (nSPS) is 17.2. The first-order chi connectivity index (χ1) is 11.7. The van der Waals surface area contributed by atoms with Crippen LogP contribution in [-0.2, 0) is 17.9 Å². The Balaban J connectivity index is 1.65. The number of nitrogens with zero attached hydrogens (tertiary/aromatic N) is 4. The van der Waals surface area contributed by atoms with Crippen molar-refractivity contribution in [1.82, 2.24) is 25.1 Å². The molecule has 1 fully saturated rings. The van der Waals surface area contributed by atoms with Crippen molar-refractivity contribution in [2.75, 3.05) is 24.6 Å². The van der Waals surface area contributed by atoms with Crippen molar-refractivity contribution in [2.45, 2.75) is 19.5 Å². The summed E-state index contributed by atoms with van der Waals surface area (Å²) in [5.74, 6) is 0.228. The van der Waals surface area contributed by atoms with E-state index in [1.165, 1.54) is 17.0 Å². The van der Waals surface area contributed by atoms with Crippen LogP contribution in [0.4, 0.5) is 5.82 Å². The minimum absolute atomic E-state index is 0.0697. The third kappa shape index (κ3) is 3.62. The summed E-state index contributed by atoms with van der Waals surface area (Å²) < 4.78 is 1.34. The lowest BCUT2D eigenvalue weighted by atomic mass is 10.1. The van der Waals surface area contributed by atoms with Crippen LogP contribution in [0.3, 0.4) is 0 Å². The van der Waals surface area contributed by atoms with Gasteiger partial charge in [-0.15, -0.1) is 0 Å². The van der Waals surface area contributed by atoms with Crippen LogP contribution in [0, 0.1) is 5.92 Å². The van der Waals surface area contributed by atoms with Gasteiger partial charge >= 0.3 is 0 Å². The monoisotopic (exact) mass is 332 g/mol. The largest absolute Gasteiger partial charge is 0.396 e. The maximum Gasteiger partial charge on any atom is 0.293 e. The Labute approximate surface area is 138 Å². The summed E-state index contributed by atoms with van der Waals surface area (Å²) in [6.07, 6.45) is 5.46. The fourth-order valence-electron chi connectivity index (χ4n) is 2.74. The molecular formula is C15H20N6O3. The SMILES string of the molecule is O=C(Cn1ccnc(N2CC[C@H](CO)C2)c1=O)NCc1ccn[nH]1. The predicted molar refractivity (Wildman–Crippen MR) is 86.3 cm³/mol. The molecule has 9 nitrogen and oxygen atoms in total. The molecule has 0 unspecified atom stereocenters. The van der Waals surface area contributed by atoms with Gasteiger partial charge in [-0.3, -0.25) is 14.7 Å². The van der Waals surface area contributed by atoms with Crippen molar-refractivity contribution in [2.24, 2.45) is 5.92 Å². The van der Waals surface area contributed by atoms with Gasteiger partial charge in [-0.1, -0.05) is 0 Å². The number of carbonyl (C=O) groups is 1. The van der Waals surface area contributed by atoms with Crippen LogP contribution >= 0.6 is 0 Å². The summed E-state index contributed by atoms with van der Waals surface area (Å²) in [5, 5.41) is 18.5. The van der Waals surface area contributed by atoms with E-state index in [0.717, 1.165) is 12.1 Å². The average Bonchev–Trinajstić information content (AvgIpc) is 3.26. The number of hydrogen-bond acceptors (Lipinski definition) is 6. The van der Waals surface area contributed by atoms with E-state index in [0.29, 0.717) is 25.5 Å². The zero-order valence-electron chi connectivity index (χ0n) is 13.2. The summed E-state index contributed by atoms with van der Waals surface area (Å²) >= 11 is 0. The van der Waals surface area contributed by atoms with Gasteiger partial charge in [0.25, 0.3) is 5.56 Å². The summed E-state index contributed by atoms with van der Waals surface area (Å²) in [5.41, 5.74) is 0.492. The molecule has 128 valence electrons. The zero-order valence-corrected chi connectivity index (χ0v) is 13.2. The van der Waals surface area contributed by atoms with Gasteiger partial charge in [0, 0.05) is 44.2 Å². The Kier molecular flexibility index (Phi) is 4.90. The quantitative estimate of drug-likeness (QED) is 0.631. The van der Waals surface area contributed by atoms with Gasteiger partial charge in [0.1, 0.15) is 6.54 Å². The average molecular weight is 332 g/mol. The van der Waals surface area contributed by atoms with Crippen molar-refractivity contribution < 1.29 is 9.90 Å². The minimum Gasteiger partial charge on any atom is -0.396 e. The van der Waals surface area contributed by atoms with Gasteiger partial charge in [-0.05, 0) is 12.5 Å². The standard InChI is InChI=1S/C15H20N6O3/c22-10-11-2-5-20(8-11)14-15(24)21(6-4-16-14)9-13(23)17-7-12-1-3-18-19-12/h1,3-4,6,11,22H,2,5,7-10H2,(H,17,23)(H,18,19)/t11-/m0/s1. The molecule has 1 aliphatic rings. The second kappa shape index (κ2) is 7.26. The molecule has 0 bridgehead atoms. The molecule has 0 saturated carbocycles. The molecule has 0 aliphatic carbocycles. The molecule has 0 aromatic carbocycles. The molecule has 24 heavy (non-hydrogen) atoms. The topological polar surface area (TPSA) is 116 Å². The molecule has 2 aromatic rings. The highest BCUT2D eigenvalue weighted by atomic mass is 16.3. The number of amides is 1. The van der Waals surface area contributed by atoms with E-state index in [1.807, 2.05) is 4.90 Å². The van der Waals surface area contributed by atoms with Gasteiger partial charge < -0.3 is 19.9 Å². The van der Waals surface area contributed by atoms with E-state index < -0.39 is 0 Å². The Morgan fingerprint density at radius 1 is 1.46 bits per heavy atom. The summed E-state index contributed by atoms with van der Waals surface area (Å²) in [7, 11) is 0. The van der Waals surface area contributed by atoms with Crippen molar-refractivity contribution in [3.05, 3.63) is 40.7 Å². The summed E-state index contributed by atoms with van der Waals surface area (Å²) in [6.45, 7) is 1.65. The second-order valence-corrected chi connectivity index (χ2v) is 5.83. The predicted octanol–water partition coefficient (Wildman–Crippen LogP) is -0.899. The second-order valence-electron chi connectivity index (χ2n) is 5.83. The highest BCUT2D eigenvalue weighted by Crippen LogP contribution is 2.18. The molecule has 3 heterocycles. The Morgan fingerprint density at radius 3 is 3.04 bits per heavy atom. The highest BCUT2D eigenvalue weighted by molar-refractivity contribution is 5.75. The minimum atomic E-state index is -0.298. The number of carbonyl (C=O) groups excluding carboxylic acids is 1. The van der Waals surface area contributed by atoms with Crippen LogP contribution in [0.2, 0.25) is 0 Å². The molecular weight excluding hydrogens is 312 g/mol. The van der Waals surface area contributed by atoms with Crippen LogP contribution < -0.4 is 15.8 Å². The molecule has 0 radical (unpaired) electrons. The van der Waals surface area contributed by atoms with Gasteiger partial charge in [0.15, 0.2) is 5.82 Å². The van der Waals surface area contributed by atoms with Gasteiger partial charge in [0.05, 0.1) is 12.2 Å². The maximum absolute atomic E-state index is 12.5. The first-order valence-electron chi connectivity index (χ1n) is 7.83. The van der Waals surface area contributed by atoms with Crippen LogP contribution in [0.1, 0.15) is 12.1 Å². The van der Waals surface area contributed by atoms with Crippen LogP contribution in [-0.4, -0.2) is 50.5 Å². The Bertz CT molecular complexity index is 742. The first kappa shape index (κ1) is 16.2. The van der Waals surface area contributed by atoms with E-state index in [2.05, 4.69) is 20.5 Å². The number of aliphatic hydroxyl groups is 1. The van der Waals surface area contributed by atoms with Gasteiger partial charge in [0.2, 0.25) is 5.91 Å². The molecule has 3 N–H and O–H groups in total. The molecule has 1 aliphatic heterocycles. The number of rotatable bonds is 6. The number of anilines is 1. The number of aromatic amines is 1. The van der Waals surface area contributed by atoms with Crippen LogP contribution in [0.25, 0.3) is 0 Å². The van der Waals surface area contributed by atoms with Crippen molar-refractivity contribution in [3.8, 4) is 0 Å². The Morgan fingerprint density at radius 2 is 2.33 bits per heavy atom.